The molecule has 1 aliphatic rings. The summed E-state index contributed by atoms with van der Waals surface area (Å²) in [4.78, 5) is 15.0. The van der Waals surface area contributed by atoms with Gasteiger partial charge in [-0.2, -0.15) is 5.26 Å². The summed E-state index contributed by atoms with van der Waals surface area (Å²) >= 11 is 16.2. The number of rotatable bonds is 6. The molecule has 34 heavy (non-hydrogen) atoms. The molecule has 5 nitrogen and oxygen atoms in total. The molecule has 3 aromatic carbocycles. The van der Waals surface area contributed by atoms with Gasteiger partial charge < -0.3 is 9.47 Å². The Kier molecular flexibility index (Phi) is 7.59. The number of hydrogen-bond donors (Lipinski definition) is 0. The molecule has 3 aromatic rings. The van der Waals surface area contributed by atoms with Crippen LogP contribution in [0.1, 0.15) is 16.7 Å². The van der Waals surface area contributed by atoms with Crippen LogP contribution in [-0.2, 0) is 11.4 Å². The van der Waals surface area contributed by atoms with Gasteiger partial charge in [0.15, 0.2) is 15.8 Å². The van der Waals surface area contributed by atoms with E-state index in [9.17, 15) is 10.1 Å². The molecule has 0 bridgehead atoms. The first-order valence-corrected chi connectivity index (χ1v) is 12.3. The third kappa shape index (κ3) is 5.13. The Labute approximate surface area is 220 Å². The second kappa shape index (κ2) is 10.6. The quantitative estimate of drug-likeness (QED) is 0.235. The van der Waals surface area contributed by atoms with Crippen molar-refractivity contribution in [3.63, 3.8) is 0 Å². The number of anilines is 1. The fourth-order valence-electron chi connectivity index (χ4n) is 3.27. The third-order valence-electron chi connectivity index (χ3n) is 4.96. The van der Waals surface area contributed by atoms with Gasteiger partial charge in [0.2, 0.25) is 0 Å². The molecule has 0 saturated carbocycles. The zero-order chi connectivity index (χ0) is 24.2. The van der Waals surface area contributed by atoms with E-state index in [2.05, 4.69) is 22.0 Å². The van der Waals surface area contributed by atoms with Crippen LogP contribution >= 0.6 is 51.5 Å². The molecule has 0 spiro atoms. The zero-order valence-corrected chi connectivity index (χ0v) is 21.7. The largest absolute Gasteiger partial charge is 0.493 e. The lowest BCUT2D eigenvalue weighted by atomic mass is 10.1. The fraction of sp³-hybridized carbons (Fsp3) is 0.0800. The summed E-state index contributed by atoms with van der Waals surface area (Å²) in [5.41, 5.74) is 2.72. The first-order valence-electron chi connectivity index (χ1n) is 9.93. The van der Waals surface area contributed by atoms with Gasteiger partial charge in [0.05, 0.1) is 34.4 Å². The number of thiocarbonyl (C=S) groups is 1. The van der Waals surface area contributed by atoms with Crippen LogP contribution in [0.25, 0.3) is 6.08 Å². The molecule has 0 radical (unpaired) electrons. The van der Waals surface area contributed by atoms with Crippen molar-refractivity contribution in [3.8, 4) is 17.6 Å². The maximum absolute atomic E-state index is 13.1. The molecule has 4 rings (SSSR count). The predicted octanol–water partition coefficient (Wildman–Crippen LogP) is 6.97. The van der Waals surface area contributed by atoms with Gasteiger partial charge in [-0.3, -0.25) is 9.69 Å². The highest BCUT2D eigenvalue weighted by Gasteiger charge is 2.33. The van der Waals surface area contributed by atoms with Gasteiger partial charge in [0.25, 0.3) is 5.91 Å². The summed E-state index contributed by atoms with van der Waals surface area (Å²) in [6.45, 7) is 0.230. The van der Waals surface area contributed by atoms with Gasteiger partial charge in [-0.1, -0.05) is 59.8 Å². The Morgan fingerprint density at radius 1 is 1.18 bits per heavy atom. The zero-order valence-electron chi connectivity index (χ0n) is 17.7. The normalized spacial score (nSPS) is 14.4. The van der Waals surface area contributed by atoms with E-state index in [1.807, 2.05) is 24.3 Å². The van der Waals surface area contributed by atoms with Crippen LogP contribution in [-0.4, -0.2) is 17.3 Å². The number of amides is 1. The summed E-state index contributed by atoms with van der Waals surface area (Å²) in [6.07, 6.45) is 1.76. The highest BCUT2D eigenvalue weighted by atomic mass is 79.9. The summed E-state index contributed by atoms with van der Waals surface area (Å²) in [6, 6.07) is 20.1. The molecule has 1 aliphatic heterocycles. The Morgan fingerprint density at radius 3 is 2.71 bits per heavy atom. The molecule has 9 heteroatoms. The molecule has 0 aliphatic carbocycles. The van der Waals surface area contributed by atoms with Crippen molar-refractivity contribution in [2.45, 2.75) is 6.61 Å². The van der Waals surface area contributed by atoms with Gasteiger partial charge in [-0.25, -0.2) is 0 Å². The number of carbonyl (C=O) groups excluding carboxylic acids is 1. The minimum Gasteiger partial charge on any atom is -0.493 e. The molecule has 1 saturated heterocycles. The topological polar surface area (TPSA) is 62.6 Å². The molecule has 0 unspecified atom stereocenters. The van der Waals surface area contributed by atoms with Crippen molar-refractivity contribution in [3.05, 3.63) is 91.8 Å². The highest BCUT2D eigenvalue weighted by molar-refractivity contribution is 9.10. The van der Waals surface area contributed by atoms with Crippen LogP contribution in [0.5, 0.6) is 11.5 Å². The van der Waals surface area contributed by atoms with E-state index < -0.39 is 0 Å². The van der Waals surface area contributed by atoms with E-state index >= 15 is 0 Å². The molecule has 1 heterocycles. The Balaban J connectivity index is 1.55. The van der Waals surface area contributed by atoms with Gasteiger partial charge in [-0.15, -0.1) is 0 Å². The fourth-order valence-corrected chi connectivity index (χ4v) is 4.99. The maximum atomic E-state index is 13.1. The van der Waals surface area contributed by atoms with E-state index in [0.717, 1.165) is 15.6 Å². The molecule has 1 fully saturated rings. The van der Waals surface area contributed by atoms with E-state index in [1.165, 1.54) is 16.7 Å². The summed E-state index contributed by atoms with van der Waals surface area (Å²) in [7, 11) is 1.55. The molecule has 0 aromatic heterocycles. The van der Waals surface area contributed by atoms with Crippen LogP contribution in [0.4, 0.5) is 5.69 Å². The monoisotopic (exact) mass is 570 g/mol. The first kappa shape index (κ1) is 24.3. The number of nitrogens with zero attached hydrogens (tertiary/aromatic N) is 2. The van der Waals surface area contributed by atoms with E-state index in [-0.39, 0.29) is 12.5 Å². The molecular weight excluding hydrogens is 556 g/mol. The molecule has 0 atom stereocenters. The second-order valence-electron chi connectivity index (χ2n) is 7.08. The van der Waals surface area contributed by atoms with Crippen LogP contribution in [0, 0.1) is 11.3 Å². The van der Waals surface area contributed by atoms with E-state index in [1.54, 1.807) is 49.6 Å². The van der Waals surface area contributed by atoms with Gasteiger partial charge in [-0.05, 0) is 64.0 Å². The summed E-state index contributed by atoms with van der Waals surface area (Å²) in [5.74, 6) is 0.823. The number of ether oxygens (including phenoxy) is 2. The van der Waals surface area contributed by atoms with Crippen LogP contribution in [0.15, 0.2) is 70.0 Å². The number of benzene rings is 3. The number of hydrogen-bond acceptors (Lipinski definition) is 6. The lowest BCUT2D eigenvalue weighted by Gasteiger charge is -2.15. The van der Waals surface area contributed by atoms with E-state index in [0.29, 0.717) is 37.0 Å². The van der Waals surface area contributed by atoms with Gasteiger partial charge in [0, 0.05) is 10.0 Å². The third-order valence-corrected chi connectivity index (χ3v) is 7.50. The number of nitriles is 1. The minimum atomic E-state index is -0.221. The van der Waals surface area contributed by atoms with Crippen molar-refractivity contribution in [2.24, 2.45) is 0 Å². The van der Waals surface area contributed by atoms with Crippen molar-refractivity contribution in [1.29, 1.82) is 5.26 Å². The SMILES string of the molecule is COc1cc(/C=C2\SC(=S)N(c3ccc(Br)c(Cl)c3)C2=O)ccc1OCc1ccccc1C#N. The van der Waals surface area contributed by atoms with Crippen molar-refractivity contribution >= 4 is 73.5 Å². The Morgan fingerprint density at radius 2 is 1.97 bits per heavy atom. The Hall–Kier alpha value is -2.83. The van der Waals surface area contributed by atoms with Crippen LogP contribution in [0.2, 0.25) is 5.02 Å². The van der Waals surface area contributed by atoms with Gasteiger partial charge in [0.1, 0.15) is 6.61 Å². The number of methoxy groups -OCH3 is 1. The smallest absolute Gasteiger partial charge is 0.270 e. The average molecular weight is 572 g/mol. The molecular formula is C25H16BrClN2O3S2. The van der Waals surface area contributed by atoms with Crippen molar-refractivity contribution < 1.29 is 14.3 Å². The van der Waals surface area contributed by atoms with Crippen molar-refractivity contribution in [2.75, 3.05) is 12.0 Å². The molecule has 170 valence electrons. The number of carbonyl (C=O) groups is 1. The highest BCUT2D eigenvalue weighted by Crippen LogP contribution is 2.39. The lowest BCUT2D eigenvalue weighted by molar-refractivity contribution is -0.113. The molecule has 1 amide bonds. The van der Waals surface area contributed by atoms with E-state index in [4.69, 9.17) is 33.3 Å². The predicted molar refractivity (Wildman–Crippen MR) is 143 cm³/mol. The average Bonchev–Trinajstić information content (AvgIpc) is 3.12. The summed E-state index contributed by atoms with van der Waals surface area (Å²) in [5, 5.41) is 9.75. The minimum absolute atomic E-state index is 0.221. The molecule has 0 N–H and O–H groups in total. The maximum Gasteiger partial charge on any atom is 0.270 e. The number of halogens is 2. The summed E-state index contributed by atoms with van der Waals surface area (Å²) < 4.78 is 12.6. The van der Waals surface area contributed by atoms with Gasteiger partial charge >= 0.3 is 0 Å². The Bertz CT molecular complexity index is 1370. The first-order chi connectivity index (χ1) is 16.4. The lowest BCUT2D eigenvalue weighted by Crippen LogP contribution is -2.27. The second-order valence-corrected chi connectivity index (χ2v) is 10.0. The van der Waals surface area contributed by atoms with Crippen LogP contribution < -0.4 is 14.4 Å². The van der Waals surface area contributed by atoms with Crippen LogP contribution in [0.3, 0.4) is 0 Å². The standard InChI is InChI=1S/C25H16BrClN2O3S2/c1-31-22-10-15(6-9-21(22)32-14-17-5-3-2-4-16(17)13-28)11-23-24(30)29(25(33)34-23)18-7-8-19(26)20(27)12-18/h2-12H,14H2,1H3/b23-11-. The van der Waals surface area contributed by atoms with Crippen molar-refractivity contribution in [1.82, 2.24) is 0 Å². The number of thioether (sulfide) groups is 1.